The Morgan fingerprint density at radius 3 is 2.74 bits per heavy atom. The van der Waals surface area contributed by atoms with Gasteiger partial charge >= 0.3 is 0 Å². The quantitative estimate of drug-likeness (QED) is 0.678. The van der Waals surface area contributed by atoms with Crippen LogP contribution in [-0.2, 0) is 4.79 Å². The Bertz CT molecular complexity index is 899. The number of carbonyl (C=O) groups is 1. The van der Waals surface area contributed by atoms with E-state index < -0.39 is 0 Å². The molecule has 9 nitrogen and oxygen atoms in total. The Morgan fingerprint density at radius 1 is 1.26 bits per heavy atom. The van der Waals surface area contributed by atoms with Crippen LogP contribution in [0.5, 0.6) is 5.75 Å². The second-order valence-corrected chi connectivity index (χ2v) is 6.44. The van der Waals surface area contributed by atoms with Crippen molar-refractivity contribution in [2.75, 3.05) is 19.7 Å². The summed E-state index contributed by atoms with van der Waals surface area (Å²) in [6.07, 6.45) is 3.43. The second kappa shape index (κ2) is 7.56. The third-order valence-electron chi connectivity index (χ3n) is 4.55. The number of hydrogen-bond donors (Lipinski definition) is 0. The Balaban J connectivity index is 1.30. The molecule has 1 aliphatic rings. The summed E-state index contributed by atoms with van der Waals surface area (Å²) in [6.45, 7) is 3.14. The van der Waals surface area contributed by atoms with Crippen molar-refractivity contribution in [2.45, 2.75) is 25.8 Å². The zero-order valence-electron chi connectivity index (χ0n) is 15.0. The molecule has 27 heavy (non-hydrogen) atoms. The molecule has 0 N–H and O–H groups in total. The topological polar surface area (TPSA) is 99.2 Å². The number of benzene rings is 1. The molecule has 4 rings (SSSR count). The minimum Gasteiger partial charge on any atom is -0.484 e. The SMILES string of the molecule is Cc1noc(-c2cn(C3CCN(C(=O)COc4ccccc4)CC3)nn2)n1. The van der Waals surface area contributed by atoms with E-state index in [4.69, 9.17) is 9.26 Å². The number of aromatic nitrogens is 5. The zero-order chi connectivity index (χ0) is 18.6. The predicted octanol–water partition coefficient (Wildman–Crippen LogP) is 1.88. The molecule has 1 saturated heterocycles. The van der Waals surface area contributed by atoms with Crippen LogP contribution in [0.1, 0.15) is 24.7 Å². The third kappa shape index (κ3) is 3.97. The number of aryl methyl sites for hydroxylation is 1. The molecule has 9 heteroatoms. The van der Waals surface area contributed by atoms with Gasteiger partial charge < -0.3 is 14.2 Å². The van der Waals surface area contributed by atoms with E-state index in [0.29, 0.717) is 36.2 Å². The van der Waals surface area contributed by atoms with Gasteiger partial charge in [0.25, 0.3) is 11.8 Å². The number of para-hydroxylation sites is 1. The fourth-order valence-electron chi connectivity index (χ4n) is 3.09. The minimum absolute atomic E-state index is 0.00193. The smallest absolute Gasteiger partial charge is 0.280 e. The highest BCUT2D eigenvalue weighted by Crippen LogP contribution is 2.23. The molecule has 0 unspecified atom stereocenters. The lowest BCUT2D eigenvalue weighted by Crippen LogP contribution is -2.41. The van der Waals surface area contributed by atoms with Crippen LogP contribution in [-0.4, -0.2) is 55.6 Å². The Kier molecular flexibility index (Phi) is 4.82. The molecular formula is C18H20N6O3. The van der Waals surface area contributed by atoms with Crippen LogP contribution in [0.2, 0.25) is 0 Å². The van der Waals surface area contributed by atoms with Gasteiger partial charge in [-0.2, -0.15) is 4.98 Å². The van der Waals surface area contributed by atoms with Gasteiger partial charge in [0.1, 0.15) is 5.75 Å². The lowest BCUT2D eigenvalue weighted by atomic mass is 10.1. The van der Waals surface area contributed by atoms with Gasteiger partial charge in [-0.05, 0) is 31.9 Å². The van der Waals surface area contributed by atoms with Crippen molar-refractivity contribution in [3.8, 4) is 17.3 Å². The van der Waals surface area contributed by atoms with Crippen LogP contribution in [0.25, 0.3) is 11.6 Å². The van der Waals surface area contributed by atoms with Crippen molar-refractivity contribution < 1.29 is 14.1 Å². The summed E-state index contributed by atoms with van der Waals surface area (Å²) in [5.41, 5.74) is 0.561. The zero-order valence-corrected chi connectivity index (χ0v) is 15.0. The summed E-state index contributed by atoms with van der Waals surface area (Å²) in [4.78, 5) is 18.3. The Hall–Kier alpha value is -3.23. The summed E-state index contributed by atoms with van der Waals surface area (Å²) < 4.78 is 12.5. The van der Waals surface area contributed by atoms with E-state index in [9.17, 15) is 4.79 Å². The molecular weight excluding hydrogens is 348 g/mol. The van der Waals surface area contributed by atoms with E-state index in [0.717, 1.165) is 12.8 Å². The molecule has 2 aromatic heterocycles. The summed E-state index contributed by atoms with van der Waals surface area (Å²) in [5, 5.41) is 12.1. The highest BCUT2D eigenvalue weighted by atomic mass is 16.5. The number of amides is 1. The van der Waals surface area contributed by atoms with E-state index >= 15 is 0 Å². The first-order valence-corrected chi connectivity index (χ1v) is 8.87. The molecule has 0 aliphatic carbocycles. The third-order valence-corrected chi connectivity index (χ3v) is 4.55. The highest BCUT2D eigenvalue weighted by Gasteiger charge is 2.25. The molecule has 1 aromatic carbocycles. The van der Waals surface area contributed by atoms with Crippen molar-refractivity contribution in [3.05, 3.63) is 42.4 Å². The fourth-order valence-corrected chi connectivity index (χ4v) is 3.09. The first-order valence-electron chi connectivity index (χ1n) is 8.87. The molecule has 1 amide bonds. The average Bonchev–Trinajstić information content (AvgIpc) is 3.36. The summed E-state index contributed by atoms with van der Waals surface area (Å²) >= 11 is 0. The van der Waals surface area contributed by atoms with Crippen LogP contribution in [0.3, 0.4) is 0 Å². The van der Waals surface area contributed by atoms with Gasteiger partial charge in [-0.1, -0.05) is 28.6 Å². The maximum atomic E-state index is 12.3. The van der Waals surface area contributed by atoms with Gasteiger partial charge in [0, 0.05) is 13.1 Å². The average molecular weight is 368 g/mol. The standard InChI is InChI=1S/C18H20N6O3/c1-13-19-18(27-21-13)16-11-24(22-20-16)14-7-9-23(10-8-14)17(25)12-26-15-5-3-2-4-6-15/h2-6,11,14H,7-10,12H2,1H3. The molecule has 1 aliphatic heterocycles. The monoisotopic (exact) mass is 368 g/mol. The summed E-state index contributed by atoms with van der Waals surface area (Å²) in [7, 11) is 0. The lowest BCUT2D eigenvalue weighted by molar-refractivity contribution is -0.134. The Morgan fingerprint density at radius 2 is 2.04 bits per heavy atom. The highest BCUT2D eigenvalue weighted by molar-refractivity contribution is 5.77. The lowest BCUT2D eigenvalue weighted by Gasteiger charge is -2.31. The molecule has 0 radical (unpaired) electrons. The van der Waals surface area contributed by atoms with E-state index in [1.807, 2.05) is 46.1 Å². The molecule has 0 saturated carbocycles. The van der Waals surface area contributed by atoms with Crippen LogP contribution < -0.4 is 4.74 Å². The van der Waals surface area contributed by atoms with Crippen LogP contribution >= 0.6 is 0 Å². The normalized spacial score (nSPS) is 15.1. The van der Waals surface area contributed by atoms with E-state index in [1.54, 1.807) is 6.92 Å². The molecule has 3 heterocycles. The van der Waals surface area contributed by atoms with Gasteiger partial charge in [0.05, 0.1) is 12.2 Å². The van der Waals surface area contributed by atoms with Gasteiger partial charge in [0.2, 0.25) is 0 Å². The van der Waals surface area contributed by atoms with Crippen molar-refractivity contribution in [1.29, 1.82) is 0 Å². The van der Waals surface area contributed by atoms with Gasteiger partial charge in [-0.15, -0.1) is 5.10 Å². The van der Waals surface area contributed by atoms with E-state index in [2.05, 4.69) is 20.5 Å². The van der Waals surface area contributed by atoms with E-state index in [1.165, 1.54) is 0 Å². The first-order chi connectivity index (χ1) is 13.2. The van der Waals surface area contributed by atoms with Crippen molar-refractivity contribution >= 4 is 5.91 Å². The number of hydrogen-bond acceptors (Lipinski definition) is 7. The molecule has 0 bridgehead atoms. The maximum Gasteiger partial charge on any atom is 0.280 e. The van der Waals surface area contributed by atoms with Crippen molar-refractivity contribution in [2.24, 2.45) is 0 Å². The fraction of sp³-hybridized carbons (Fsp3) is 0.389. The number of carbonyl (C=O) groups excluding carboxylic acids is 1. The molecule has 0 atom stereocenters. The van der Waals surface area contributed by atoms with Gasteiger partial charge in [-0.3, -0.25) is 4.79 Å². The molecule has 0 spiro atoms. The summed E-state index contributed by atoms with van der Waals surface area (Å²) in [6, 6.07) is 9.55. The number of rotatable bonds is 5. The van der Waals surface area contributed by atoms with Crippen LogP contribution in [0, 0.1) is 6.92 Å². The number of piperidine rings is 1. The van der Waals surface area contributed by atoms with Gasteiger partial charge in [-0.25, -0.2) is 4.68 Å². The van der Waals surface area contributed by atoms with Crippen LogP contribution in [0.15, 0.2) is 41.1 Å². The predicted molar refractivity (Wildman–Crippen MR) is 94.8 cm³/mol. The maximum absolute atomic E-state index is 12.3. The number of ether oxygens (including phenoxy) is 1. The minimum atomic E-state index is -0.00193. The molecule has 140 valence electrons. The summed E-state index contributed by atoms with van der Waals surface area (Å²) in [5.74, 6) is 1.62. The van der Waals surface area contributed by atoms with Crippen LogP contribution in [0.4, 0.5) is 0 Å². The molecule has 3 aromatic rings. The number of likely N-dealkylation sites (tertiary alicyclic amines) is 1. The first kappa shape index (κ1) is 17.2. The molecule has 1 fully saturated rings. The Labute approximate surface area is 155 Å². The van der Waals surface area contributed by atoms with E-state index in [-0.39, 0.29) is 18.6 Å². The van der Waals surface area contributed by atoms with Gasteiger partial charge in [0.15, 0.2) is 18.1 Å². The second-order valence-electron chi connectivity index (χ2n) is 6.44. The van der Waals surface area contributed by atoms with Crippen molar-refractivity contribution in [1.82, 2.24) is 30.0 Å². The number of nitrogens with zero attached hydrogens (tertiary/aromatic N) is 6. The largest absolute Gasteiger partial charge is 0.484 e. The van der Waals surface area contributed by atoms with Crippen molar-refractivity contribution in [3.63, 3.8) is 0 Å².